The van der Waals surface area contributed by atoms with Gasteiger partial charge in [0.1, 0.15) is 0 Å². The number of amides is 1. The molecule has 0 unspecified atom stereocenters. The van der Waals surface area contributed by atoms with E-state index < -0.39 is 16.2 Å². The maximum Gasteiger partial charge on any atom is 0.407 e. The van der Waals surface area contributed by atoms with Gasteiger partial charge in [-0.1, -0.05) is 0 Å². The van der Waals surface area contributed by atoms with E-state index in [2.05, 4.69) is 0 Å². The quantitative estimate of drug-likeness (QED) is 0.782. The van der Waals surface area contributed by atoms with Crippen LogP contribution in [0, 0.1) is 5.92 Å². The van der Waals surface area contributed by atoms with E-state index in [1.54, 1.807) is 4.90 Å². The molecule has 2 aliphatic heterocycles. The highest BCUT2D eigenvalue weighted by Gasteiger charge is 2.43. The van der Waals surface area contributed by atoms with Gasteiger partial charge in [-0.2, -0.15) is 8.42 Å². The number of fused-ring (bicyclic) bond motifs is 2. The van der Waals surface area contributed by atoms with E-state index in [1.165, 1.54) is 0 Å². The van der Waals surface area contributed by atoms with Crippen molar-refractivity contribution in [3.63, 3.8) is 0 Å². The number of carbonyl (C=O) groups is 1. The van der Waals surface area contributed by atoms with Crippen molar-refractivity contribution in [1.82, 2.24) is 4.90 Å². The lowest BCUT2D eigenvalue weighted by molar-refractivity contribution is 0.0799. The summed E-state index contributed by atoms with van der Waals surface area (Å²) in [5.41, 5.74) is 0. The van der Waals surface area contributed by atoms with Crippen LogP contribution in [-0.4, -0.2) is 49.5 Å². The van der Waals surface area contributed by atoms with E-state index >= 15 is 0 Å². The van der Waals surface area contributed by atoms with Crippen LogP contribution in [0.4, 0.5) is 4.79 Å². The Morgan fingerprint density at radius 3 is 2.33 bits per heavy atom. The Kier molecular flexibility index (Phi) is 3.82. The first-order chi connectivity index (χ1) is 8.37. The summed E-state index contributed by atoms with van der Waals surface area (Å²) >= 11 is 0. The molecule has 0 saturated carbocycles. The Hall–Kier alpha value is -0.820. The van der Waals surface area contributed by atoms with Crippen LogP contribution >= 0.6 is 0 Å². The van der Waals surface area contributed by atoms with Crippen LogP contribution in [0.3, 0.4) is 0 Å². The Morgan fingerprint density at radius 2 is 1.89 bits per heavy atom. The van der Waals surface area contributed by atoms with Crippen molar-refractivity contribution in [3.05, 3.63) is 0 Å². The van der Waals surface area contributed by atoms with Gasteiger partial charge in [0.25, 0.3) is 10.1 Å². The molecule has 2 rings (SSSR count). The average molecular weight is 277 g/mol. The van der Waals surface area contributed by atoms with Gasteiger partial charge in [-0.3, -0.25) is 4.18 Å². The van der Waals surface area contributed by atoms with Gasteiger partial charge in [0.05, 0.1) is 12.9 Å². The molecule has 2 fully saturated rings. The smallest absolute Gasteiger partial charge is 0.407 e. The topological polar surface area (TPSA) is 83.9 Å². The second-order valence-electron chi connectivity index (χ2n) is 5.23. The van der Waals surface area contributed by atoms with Gasteiger partial charge in [-0.05, 0) is 38.0 Å². The summed E-state index contributed by atoms with van der Waals surface area (Å²) in [5.74, 6) is 0.375. The molecule has 6 nitrogen and oxygen atoms in total. The van der Waals surface area contributed by atoms with E-state index in [0.29, 0.717) is 12.3 Å². The largest absolute Gasteiger partial charge is 0.465 e. The Balaban J connectivity index is 1.84. The number of hydrogen-bond acceptors (Lipinski definition) is 4. The summed E-state index contributed by atoms with van der Waals surface area (Å²) in [6.07, 6.45) is 4.43. The van der Waals surface area contributed by atoms with E-state index in [1.807, 2.05) is 0 Å². The van der Waals surface area contributed by atoms with Crippen LogP contribution in [-0.2, 0) is 14.3 Å². The second-order valence-corrected chi connectivity index (χ2v) is 6.87. The number of nitrogens with zero attached hydrogens (tertiary/aromatic N) is 1. The summed E-state index contributed by atoms with van der Waals surface area (Å²) in [6, 6.07) is 0.231. The molecule has 2 saturated heterocycles. The molecule has 0 aliphatic carbocycles. The fraction of sp³-hybridized carbons (Fsp3) is 0.909. The van der Waals surface area contributed by atoms with Crippen molar-refractivity contribution in [2.45, 2.75) is 44.2 Å². The van der Waals surface area contributed by atoms with Gasteiger partial charge in [0, 0.05) is 12.1 Å². The Bertz CT molecular complexity index is 407. The van der Waals surface area contributed by atoms with Gasteiger partial charge < -0.3 is 10.0 Å². The van der Waals surface area contributed by atoms with Crippen molar-refractivity contribution in [2.24, 2.45) is 5.92 Å². The highest BCUT2D eigenvalue weighted by molar-refractivity contribution is 7.85. The molecule has 0 spiro atoms. The number of rotatable bonds is 4. The average Bonchev–Trinajstić information content (AvgIpc) is 2.49. The SMILES string of the molecule is CS(=O)(=O)OCC[C@H]1C[C@H]2CC[C@@H](C1)N2C(=O)O. The van der Waals surface area contributed by atoms with Gasteiger partial charge in [0.2, 0.25) is 0 Å². The first-order valence-corrected chi connectivity index (χ1v) is 8.04. The van der Waals surface area contributed by atoms with Gasteiger partial charge in [0.15, 0.2) is 0 Å². The minimum Gasteiger partial charge on any atom is -0.465 e. The Labute approximate surface area is 107 Å². The normalized spacial score (nSPS) is 31.6. The molecule has 2 heterocycles. The van der Waals surface area contributed by atoms with E-state index in [4.69, 9.17) is 9.29 Å². The molecule has 7 heteroatoms. The van der Waals surface area contributed by atoms with E-state index in [-0.39, 0.29) is 18.7 Å². The molecule has 1 N–H and O–H groups in total. The lowest BCUT2D eigenvalue weighted by atomic mass is 9.89. The third kappa shape index (κ3) is 3.14. The summed E-state index contributed by atoms with van der Waals surface area (Å²) in [7, 11) is -3.37. The highest BCUT2D eigenvalue weighted by atomic mass is 32.2. The molecule has 2 aliphatic rings. The summed E-state index contributed by atoms with van der Waals surface area (Å²) < 4.78 is 26.4. The molecule has 3 atom stereocenters. The molecule has 1 amide bonds. The van der Waals surface area contributed by atoms with Crippen LogP contribution in [0.1, 0.15) is 32.1 Å². The molecule has 0 radical (unpaired) electrons. The summed E-state index contributed by atoms with van der Waals surface area (Å²) in [4.78, 5) is 12.7. The van der Waals surface area contributed by atoms with Crippen LogP contribution in [0.5, 0.6) is 0 Å². The van der Waals surface area contributed by atoms with Crippen molar-refractivity contribution < 1.29 is 22.5 Å². The predicted molar refractivity (Wildman–Crippen MR) is 64.8 cm³/mol. The zero-order valence-corrected chi connectivity index (χ0v) is 11.2. The van der Waals surface area contributed by atoms with Crippen molar-refractivity contribution in [3.8, 4) is 0 Å². The van der Waals surface area contributed by atoms with Crippen LogP contribution < -0.4 is 0 Å². The highest BCUT2D eigenvalue weighted by Crippen LogP contribution is 2.39. The third-order valence-electron chi connectivity index (χ3n) is 3.88. The molecular weight excluding hydrogens is 258 g/mol. The number of hydrogen-bond donors (Lipinski definition) is 1. The second kappa shape index (κ2) is 5.05. The first-order valence-electron chi connectivity index (χ1n) is 6.22. The third-order valence-corrected chi connectivity index (χ3v) is 4.47. The molecule has 18 heavy (non-hydrogen) atoms. The van der Waals surface area contributed by atoms with Crippen LogP contribution in [0.15, 0.2) is 0 Å². The number of carboxylic acid groups (broad SMARTS) is 1. The van der Waals surface area contributed by atoms with Gasteiger partial charge in [-0.15, -0.1) is 0 Å². The van der Waals surface area contributed by atoms with Gasteiger partial charge in [-0.25, -0.2) is 4.79 Å². The molecule has 104 valence electrons. The van der Waals surface area contributed by atoms with Crippen molar-refractivity contribution in [1.29, 1.82) is 0 Å². The van der Waals surface area contributed by atoms with Crippen molar-refractivity contribution in [2.75, 3.05) is 12.9 Å². The number of piperidine rings is 1. The molecule has 0 aromatic rings. The molecule has 0 aromatic carbocycles. The molecular formula is C11H19NO5S. The standard InChI is InChI=1S/C11H19NO5S/c1-18(15,16)17-5-4-8-6-9-2-3-10(7-8)12(9)11(13)14/h8-10H,2-7H2,1H3,(H,13,14)/t8-,9+,10-. The Morgan fingerprint density at radius 1 is 1.33 bits per heavy atom. The van der Waals surface area contributed by atoms with E-state index in [0.717, 1.165) is 31.9 Å². The first kappa shape index (κ1) is 13.6. The van der Waals surface area contributed by atoms with Gasteiger partial charge >= 0.3 is 6.09 Å². The summed E-state index contributed by atoms with van der Waals surface area (Å²) in [6.45, 7) is 0.204. The minimum absolute atomic E-state index is 0.115. The van der Waals surface area contributed by atoms with Crippen LogP contribution in [0.2, 0.25) is 0 Å². The van der Waals surface area contributed by atoms with Crippen molar-refractivity contribution >= 4 is 16.2 Å². The zero-order valence-electron chi connectivity index (χ0n) is 10.4. The molecule has 0 aromatic heterocycles. The lowest BCUT2D eigenvalue weighted by Crippen LogP contribution is -2.46. The minimum atomic E-state index is -3.37. The molecule has 2 bridgehead atoms. The lowest BCUT2D eigenvalue weighted by Gasteiger charge is -2.37. The van der Waals surface area contributed by atoms with Crippen LogP contribution in [0.25, 0.3) is 0 Å². The maximum atomic E-state index is 11.1. The van der Waals surface area contributed by atoms with E-state index in [9.17, 15) is 13.2 Å². The fourth-order valence-corrected chi connectivity index (χ4v) is 3.60. The fourth-order valence-electron chi connectivity index (χ4n) is 3.20. The zero-order chi connectivity index (χ0) is 13.3. The predicted octanol–water partition coefficient (Wildman–Crippen LogP) is 1.27. The maximum absolute atomic E-state index is 11.1. The monoisotopic (exact) mass is 277 g/mol. The summed E-state index contributed by atoms with van der Waals surface area (Å²) in [5, 5.41) is 9.11.